The van der Waals surface area contributed by atoms with Gasteiger partial charge in [0.1, 0.15) is 5.03 Å². The molecule has 2 rings (SSSR count). The summed E-state index contributed by atoms with van der Waals surface area (Å²) in [4.78, 5) is 22.1. The van der Waals surface area contributed by atoms with Crippen LogP contribution in [-0.4, -0.2) is 36.0 Å². The number of nitrogens with one attached hydrogen (secondary N) is 1. The lowest BCUT2D eigenvalue weighted by Crippen LogP contribution is -2.17. The van der Waals surface area contributed by atoms with Crippen molar-refractivity contribution < 1.29 is 9.90 Å². The van der Waals surface area contributed by atoms with E-state index in [0.29, 0.717) is 16.7 Å². The topological polar surface area (TPSA) is 114 Å². The monoisotopic (exact) mass is 281 g/mol. The molecular formula is C10H11N5O3S. The van der Waals surface area contributed by atoms with Gasteiger partial charge in [-0.3, -0.25) is 4.57 Å². The van der Waals surface area contributed by atoms with Crippen molar-refractivity contribution in [2.75, 3.05) is 0 Å². The van der Waals surface area contributed by atoms with Crippen LogP contribution in [0.1, 0.15) is 23.8 Å². The summed E-state index contributed by atoms with van der Waals surface area (Å²) < 4.78 is 1.50. The van der Waals surface area contributed by atoms with Crippen molar-refractivity contribution in [1.29, 1.82) is 0 Å². The summed E-state index contributed by atoms with van der Waals surface area (Å²) in [6.07, 6.45) is 0.802. The number of carboxylic acid groups (broad SMARTS) is 1. The smallest absolute Gasteiger partial charge is 0.356 e. The molecule has 0 bridgehead atoms. The van der Waals surface area contributed by atoms with Crippen LogP contribution in [-0.2, 0) is 6.54 Å². The normalized spacial score (nSPS) is 10.6. The van der Waals surface area contributed by atoms with Crippen LogP contribution in [0.25, 0.3) is 0 Å². The van der Waals surface area contributed by atoms with Gasteiger partial charge in [0.05, 0.1) is 0 Å². The van der Waals surface area contributed by atoms with E-state index in [1.54, 1.807) is 0 Å². The number of hydrogen-bond donors (Lipinski definition) is 2. The molecule has 0 saturated carbocycles. The number of aromatic nitrogens is 5. The lowest BCUT2D eigenvalue weighted by atomic mass is 10.4. The van der Waals surface area contributed by atoms with Crippen molar-refractivity contribution in [3.05, 3.63) is 28.3 Å². The van der Waals surface area contributed by atoms with E-state index in [1.165, 1.54) is 16.7 Å². The molecular weight excluding hydrogens is 270 g/mol. The van der Waals surface area contributed by atoms with Crippen LogP contribution in [0.15, 0.2) is 27.1 Å². The molecule has 2 aromatic rings. The van der Waals surface area contributed by atoms with E-state index in [2.05, 4.69) is 20.4 Å². The highest BCUT2D eigenvalue weighted by atomic mass is 32.2. The summed E-state index contributed by atoms with van der Waals surface area (Å²) in [5, 5.41) is 23.2. The highest BCUT2D eigenvalue weighted by Crippen LogP contribution is 2.22. The fourth-order valence-corrected chi connectivity index (χ4v) is 2.16. The summed E-state index contributed by atoms with van der Waals surface area (Å²) in [5.74, 6) is -1.13. The number of aromatic carboxylic acids is 1. The van der Waals surface area contributed by atoms with Crippen LogP contribution in [0.3, 0.4) is 0 Å². The van der Waals surface area contributed by atoms with E-state index in [1.807, 2.05) is 6.92 Å². The van der Waals surface area contributed by atoms with Crippen molar-refractivity contribution in [1.82, 2.24) is 25.0 Å². The molecule has 0 aliphatic carbocycles. The first-order chi connectivity index (χ1) is 9.11. The van der Waals surface area contributed by atoms with E-state index >= 15 is 0 Å². The highest BCUT2D eigenvalue weighted by Gasteiger charge is 2.11. The molecule has 0 aromatic carbocycles. The van der Waals surface area contributed by atoms with Gasteiger partial charge in [-0.15, -0.1) is 15.3 Å². The zero-order chi connectivity index (χ0) is 13.8. The van der Waals surface area contributed by atoms with Gasteiger partial charge >= 0.3 is 11.7 Å². The lowest BCUT2D eigenvalue weighted by molar-refractivity contribution is 0.0689. The number of hydrogen-bond acceptors (Lipinski definition) is 6. The van der Waals surface area contributed by atoms with Gasteiger partial charge in [0.25, 0.3) is 0 Å². The standard InChI is InChI=1S/C10H11N5O3S/c1-2-5-15-9(18)13-14-10(15)19-7-4-3-6(8(16)17)11-12-7/h3-4H,2,5H2,1H3,(H,13,18)(H,16,17). The van der Waals surface area contributed by atoms with Gasteiger partial charge in [-0.25, -0.2) is 14.7 Å². The molecule has 0 radical (unpaired) electrons. The second kappa shape index (κ2) is 5.65. The first kappa shape index (κ1) is 13.3. The molecule has 2 aromatic heterocycles. The molecule has 2 heterocycles. The van der Waals surface area contributed by atoms with E-state index in [0.717, 1.165) is 18.2 Å². The summed E-state index contributed by atoms with van der Waals surface area (Å²) in [7, 11) is 0. The molecule has 0 atom stereocenters. The highest BCUT2D eigenvalue weighted by molar-refractivity contribution is 7.99. The lowest BCUT2D eigenvalue weighted by Gasteiger charge is -2.02. The fraction of sp³-hybridized carbons (Fsp3) is 0.300. The first-order valence-electron chi connectivity index (χ1n) is 5.52. The Hall–Kier alpha value is -2.16. The number of aromatic amines is 1. The second-order valence-corrected chi connectivity index (χ2v) is 4.61. The van der Waals surface area contributed by atoms with Crippen LogP contribution < -0.4 is 5.69 Å². The van der Waals surface area contributed by atoms with Gasteiger partial charge in [0.2, 0.25) is 0 Å². The van der Waals surface area contributed by atoms with Gasteiger partial charge in [0, 0.05) is 6.54 Å². The van der Waals surface area contributed by atoms with Crippen molar-refractivity contribution in [3.63, 3.8) is 0 Å². The Kier molecular flexibility index (Phi) is 3.95. The Morgan fingerprint density at radius 3 is 2.84 bits per heavy atom. The van der Waals surface area contributed by atoms with Crippen LogP contribution in [0, 0.1) is 0 Å². The summed E-state index contributed by atoms with van der Waals surface area (Å²) in [6, 6.07) is 2.88. The first-order valence-corrected chi connectivity index (χ1v) is 6.33. The molecule has 0 aliphatic rings. The third kappa shape index (κ3) is 2.99. The Morgan fingerprint density at radius 2 is 2.26 bits per heavy atom. The molecule has 0 saturated heterocycles. The third-order valence-electron chi connectivity index (χ3n) is 2.23. The van der Waals surface area contributed by atoms with E-state index in [4.69, 9.17) is 5.11 Å². The maximum atomic E-state index is 11.5. The Bertz CT molecular complexity index is 633. The van der Waals surface area contributed by atoms with E-state index in [9.17, 15) is 9.59 Å². The average molecular weight is 281 g/mol. The Labute approximate surface area is 111 Å². The number of H-pyrrole nitrogens is 1. The predicted octanol–water partition coefficient (Wildman–Crippen LogP) is 0.621. The van der Waals surface area contributed by atoms with Gasteiger partial charge < -0.3 is 5.11 Å². The maximum Gasteiger partial charge on any atom is 0.356 e. The fourth-order valence-electron chi connectivity index (χ4n) is 1.38. The molecule has 2 N–H and O–H groups in total. The molecule has 0 amide bonds. The molecule has 0 unspecified atom stereocenters. The van der Waals surface area contributed by atoms with Gasteiger partial charge in [0.15, 0.2) is 10.9 Å². The van der Waals surface area contributed by atoms with Crippen molar-refractivity contribution >= 4 is 17.7 Å². The molecule has 8 nitrogen and oxygen atoms in total. The number of rotatable bonds is 5. The minimum absolute atomic E-state index is 0.127. The number of carbonyl (C=O) groups is 1. The number of carboxylic acids is 1. The zero-order valence-corrected chi connectivity index (χ0v) is 10.8. The second-order valence-electron chi connectivity index (χ2n) is 3.63. The van der Waals surface area contributed by atoms with Crippen LogP contribution in [0.4, 0.5) is 0 Å². The minimum Gasteiger partial charge on any atom is -0.476 e. The van der Waals surface area contributed by atoms with Crippen molar-refractivity contribution in [3.8, 4) is 0 Å². The zero-order valence-electron chi connectivity index (χ0n) is 10.0. The van der Waals surface area contributed by atoms with Gasteiger partial charge in [-0.1, -0.05) is 6.92 Å². The quantitative estimate of drug-likeness (QED) is 0.825. The van der Waals surface area contributed by atoms with Crippen molar-refractivity contribution in [2.24, 2.45) is 0 Å². The molecule has 19 heavy (non-hydrogen) atoms. The third-order valence-corrected chi connectivity index (χ3v) is 3.15. The van der Waals surface area contributed by atoms with Crippen LogP contribution in [0.5, 0.6) is 0 Å². The van der Waals surface area contributed by atoms with Crippen molar-refractivity contribution in [2.45, 2.75) is 30.1 Å². The van der Waals surface area contributed by atoms with E-state index in [-0.39, 0.29) is 11.4 Å². The molecule has 0 spiro atoms. The molecule has 0 aliphatic heterocycles. The maximum absolute atomic E-state index is 11.5. The van der Waals surface area contributed by atoms with Crippen LogP contribution in [0.2, 0.25) is 0 Å². The molecule has 100 valence electrons. The Balaban J connectivity index is 2.21. The summed E-state index contributed by atoms with van der Waals surface area (Å²) in [6.45, 7) is 2.51. The van der Waals surface area contributed by atoms with Crippen LogP contribution >= 0.6 is 11.8 Å². The SMILES string of the molecule is CCCn1c(Sc2ccc(C(=O)O)nn2)n[nH]c1=O. The Morgan fingerprint density at radius 1 is 1.47 bits per heavy atom. The number of nitrogens with zero attached hydrogens (tertiary/aromatic N) is 4. The van der Waals surface area contributed by atoms with E-state index < -0.39 is 5.97 Å². The molecule has 0 fully saturated rings. The minimum atomic E-state index is -1.13. The average Bonchev–Trinajstić information content (AvgIpc) is 2.73. The van der Waals surface area contributed by atoms with Gasteiger partial charge in [-0.05, 0) is 30.3 Å². The summed E-state index contributed by atoms with van der Waals surface area (Å²) >= 11 is 1.15. The molecule has 9 heteroatoms. The largest absolute Gasteiger partial charge is 0.476 e. The predicted molar refractivity (Wildman–Crippen MR) is 66.3 cm³/mol. The van der Waals surface area contributed by atoms with Gasteiger partial charge in [-0.2, -0.15) is 0 Å². The summed E-state index contributed by atoms with van der Waals surface area (Å²) in [5.41, 5.74) is -0.406.